The summed E-state index contributed by atoms with van der Waals surface area (Å²) in [5, 5.41) is 7.98. The molecule has 0 aliphatic heterocycles. The zero-order valence-corrected chi connectivity index (χ0v) is 15.1. The van der Waals surface area contributed by atoms with E-state index in [2.05, 4.69) is 14.9 Å². The highest BCUT2D eigenvalue weighted by Gasteiger charge is 2.26. The van der Waals surface area contributed by atoms with Gasteiger partial charge in [-0.05, 0) is 19.1 Å². The van der Waals surface area contributed by atoms with Crippen LogP contribution in [0.3, 0.4) is 0 Å². The number of methoxy groups -OCH3 is 2. The Bertz CT molecular complexity index is 1050. The predicted molar refractivity (Wildman–Crippen MR) is 91.2 cm³/mol. The summed E-state index contributed by atoms with van der Waals surface area (Å²) in [6.07, 6.45) is 1.71. The summed E-state index contributed by atoms with van der Waals surface area (Å²) in [7, 11) is -1.51. The largest absolute Gasteiger partial charge is 0.493 e. The lowest BCUT2D eigenvalue weighted by atomic mass is 10.3. The predicted octanol–water partition coefficient (Wildman–Crippen LogP) is 1.93. The lowest BCUT2D eigenvalue weighted by Gasteiger charge is -2.15. The van der Waals surface area contributed by atoms with Gasteiger partial charge in [0.25, 0.3) is 0 Å². The normalized spacial score (nSPS) is 12.9. The van der Waals surface area contributed by atoms with E-state index in [-0.39, 0.29) is 11.5 Å². The van der Waals surface area contributed by atoms with Crippen molar-refractivity contribution in [3.63, 3.8) is 0 Å². The van der Waals surface area contributed by atoms with Crippen molar-refractivity contribution >= 4 is 15.7 Å². The van der Waals surface area contributed by atoms with E-state index in [0.717, 1.165) is 12.1 Å². The molecule has 138 valence electrons. The summed E-state index contributed by atoms with van der Waals surface area (Å²) < 4.78 is 53.7. The molecule has 1 atom stereocenters. The Labute approximate surface area is 149 Å². The van der Waals surface area contributed by atoms with Gasteiger partial charge >= 0.3 is 0 Å². The van der Waals surface area contributed by atoms with Gasteiger partial charge in [0.15, 0.2) is 23.0 Å². The molecule has 0 saturated carbocycles. The van der Waals surface area contributed by atoms with Crippen LogP contribution in [0.25, 0.3) is 5.65 Å². The minimum atomic E-state index is -4.18. The summed E-state index contributed by atoms with van der Waals surface area (Å²) in [6, 6.07) is 6.60. The number of hydrogen-bond donors (Lipinski definition) is 1. The maximum absolute atomic E-state index is 14.3. The Morgan fingerprint density at radius 1 is 1.15 bits per heavy atom. The van der Waals surface area contributed by atoms with Crippen LogP contribution in [0.1, 0.15) is 18.8 Å². The number of benzene rings is 1. The topological polar surface area (TPSA) is 94.8 Å². The molecular weight excluding hydrogens is 363 g/mol. The molecule has 1 N–H and O–H groups in total. The van der Waals surface area contributed by atoms with Gasteiger partial charge in [-0.1, -0.05) is 6.07 Å². The van der Waals surface area contributed by atoms with E-state index >= 15 is 0 Å². The SMILES string of the molecule is COc1cc(F)c(S(=O)(=O)NC(C)c2nnc3ccccn23)cc1OC. The minimum absolute atomic E-state index is 0.0976. The van der Waals surface area contributed by atoms with Crippen molar-refractivity contribution in [3.8, 4) is 11.5 Å². The Kier molecular flexibility index (Phi) is 4.79. The molecule has 0 fully saturated rings. The average Bonchev–Trinajstić information content (AvgIpc) is 3.05. The molecule has 3 aromatic rings. The van der Waals surface area contributed by atoms with Gasteiger partial charge < -0.3 is 9.47 Å². The van der Waals surface area contributed by atoms with Gasteiger partial charge in [-0.15, -0.1) is 10.2 Å². The first-order valence-corrected chi connectivity index (χ1v) is 9.09. The van der Waals surface area contributed by atoms with E-state index in [4.69, 9.17) is 9.47 Å². The molecular formula is C16H17FN4O4S. The molecule has 0 bridgehead atoms. The highest BCUT2D eigenvalue weighted by Crippen LogP contribution is 2.32. The van der Waals surface area contributed by atoms with Crippen LogP contribution in [0.5, 0.6) is 11.5 Å². The van der Waals surface area contributed by atoms with Crippen molar-refractivity contribution in [1.29, 1.82) is 0 Å². The average molecular weight is 380 g/mol. The third-order valence-corrected chi connectivity index (χ3v) is 5.34. The van der Waals surface area contributed by atoms with Crippen LogP contribution in [0.4, 0.5) is 4.39 Å². The van der Waals surface area contributed by atoms with Crippen molar-refractivity contribution in [2.45, 2.75) is 17.9 Å². The quantitative estimate of drug-likeness (QED) is 0.702. The zero-order valence-electron chi connectivity index (χ0n) is 14.3. The number of nitrogens with zero attached hydrogens (tertiary/aromatic N) is 3. The second-order valence-electron chi connectivity index (χ2n) is 5.47. The van der Waals surface area contributed by atoms with Crippen LogP contribution in [-0.4, -0.2) is 37.2 Å². The van der Waals surface area contributed by atoms with Crippen LogP contribution in [0.2, 0.25) is 0 Å². The molecule has 2 heterocycles. The fraction of sp³-hybridized carbons (Fsp3) is 0.250. The molecule has 0 saturated heterocycles. The second kappa shape index (κ2) is 6.89. The van der Waals surface area contributed by atoms with Crippen molar-refractivity contribution < 1.29 is 22.3 Å². The lowest BCUT2D eigenvalue weighted by Crippen LogP contribution is -2.29. The van der Waals surface area contributed by atoms with Gasteiger partial charge in [0.2, 0.25) is 10.0 Å². The summed E-state index contributed by atoms with van der Waals surface area (Å²) in [4.78, 5) is -0.546. The molecule has 1 unspecified atom stereocenters. The Morgan fingerprint density at radius 2 is 1.85 bits per heavy atom. The molecule has 8 nitrogen and oxygen atoms in total. The molecule has 3 rings (SSSR count). The maximum Gasteiger partial charge on any atom is 0.244 e. The van der Waals surface area contributed by atoms with Gasteiger partial charge in [-0.25, -0.2) is 17.5 Å². The van der Waals surface area contributed by atoms with Crippen LogP contribution >= 0.6 is 0 Å². The third-order valence-electron chi connectivity index (χ3n) is 3.79. The smallest absolute Gasteiger partial charge is 0.244 e. The van der Waals surface area contributed by atoms with Gasteiger partial charge in [0, 0.05) is 18.3 Å². The summed E-state index contributed by atoms with van der Waals surface area (Å²) in [5.41, 5.74) is 0.575. The van der Waals surface area contributed by atoms with Crippen molar-refractivity contribution in [3.05, 3.63) is 48.2 Å². The summed E-state index contributed by atoms with van der Waals surface area (Å²) in [5.74, 6) is -0.367. The van der Waals surface area contributed by atoms with E-state index in [0.29, 0.717) is 11.5 Å². The first-order valence-electron chi connectivity index (χ1n) is 7.61. The third kappa shape index (κ3) is 3.20. The van der Waals surface area contributed by atoms with Gasteiger partial charge in [-0.3, -0.25) is 4.40 Å². The Balaban J connectivity index is 1.96. The first kappa shape index (κ1) is 18.1. The van der Waals surface area contributed by atoms with Crippen LogP contribution < -0.4 is 14.2 Å². The molecule has 1 aromatic carbocycles. The number of aromatic nitrogens is 3. The van der Waals surface area contributed by atoms with E-state index in [9.17, 15) is 12.8 Å². The van der Waals surface area contributed by atoms with Gasteiger partial charge in [0.1, 0.15) is 10.7 Å². The summed E-state index contributed by atoms with van der Waals surface area (Å²) in [6.45, 7) is 1.60. The Hall–Kier alpha value is -2.72. The number of rotatable bonds is 6. The number of hydrogen-bond acceptors (Lipinski definition) is 6. The maximum atomic E-state index is 14.3. The highest BCUT2D eigenvalue weighted by molar-refractivity contribution is 7.89. The van der Waals surface area contributed by atoms with E-state index in [1.807, 2.05) is 0 Å². The molecule has 0 aliphatic rings. The van der Waals surface area contributed by atoms with E-state index in [1.165, 1.54) is 14.2 Å². The summed E-state index contributed by atoms with van der Waals surface area (Å²) >= 11 is 0. The molecule has 0 spiro atoms. The van der Waals surface area contributed by atoms with Gasteiger partial charge in [0.05, 0.1) is 20.3 Å². The van der Waals surface area contributed by atoms with Crippen molar-refractivity contribution in [2.24, 2.45) is 0 Å². The van der Waals surface area contributed by atoms with Gasteiger partial charge in [-0.2, -0.15) is 0 Å². The van der Waals surface area contributed by atoms with E-state index in [1.54, 1.807) is 35.7 Å². The fourth-order valence-electron chi connectivity index (χ4n) is 2.55. The number of fused-ring (bicyclic) bond motifs is 1. The van der Waals surface area contributed by atoms with Crippen LogP contribution in [-0.2, 0) is 10.0 Å². The highest BCUT2D eigenvalue weighted by atomic mass is 32.2. The van der Waals surface area contributed by atoms with Crippen LogP contribution in [0, 0.1) is 5.82 Å². The molecule has 26 heavy (non-hydrogen) atoms. The molecule has 0 radical (unpaired) electrons. The molecule has 0 aliphatic carbocycles. The number of pyridine rings is 1. The standard InChI is InChI=1S/C16H17FN4O4S/c1-10(16-19-18-15-6-4-5-7-21(15)16)20-26(22,23)14-9-13(25-3)12(24-2)8-11(14)17/h4-10,20H,1-3H3. The number of nitrogens with one attached hydrogen (secondary N) is 1. The molecule has 2 aromatic heterocycles. The number of sulfonamides is 1. The monoisotopic (exact) mass is 380 g/mol. The molecule has 0 amide bonds. The number of ether oxygens (including phenoxy) is 2. The minimum Gasteiger partial charge on any atom is -0.493 e. The van der Waals surface area contributed by atoms with Crippen LogP contribution in [0.15, 0.2) is 41.4 Å². The Morgan fingerprint density at radius 3 is 2.54 bits per heavy atom. The first-order chi connectivity index (χ1) is 12.4. The lowest BCUT2D eigenvalue weighted by molar-refractivity contribution is 0.350. The van der Waals surface area contributed by atoms with E-state index < -0.39 is 26.8 Å². The molecule has 10 heteroatoms. The zero-order chi connectivity index (χ0) is 18.9. The fourth-order valence-corrected chi connectivity index (χ4v) is 3.82. The second-order valence-corrected chi connectivity index (χ2v) is 7.15. The number of halogens is 1. The van der Waals surface area contributed by atoms with Crippen molar-refractivity contribution in [2.75, 3.05) is 14.2 Å². The van der Waals surface area contributed by atoms with Crippen molar-refractivity contribution in [1.82, 2.24) is 19.3 Å².